The van der Waals surface area contributed by atoms with Gasteiger partial charge in [-0.1, -0.05) is 24.3 Å². The van der Waals surface area contributed by atoms with E-state index in [1.54, 1.807) is 4.68 Å². The van der Waals surface area contributed by atoms with Gasteiger partial charge >= 0.3 is 0 Å². The minimum atomic E-state index is 0.620. The number of hydrogen-bond acceptors (Lipinski definition) is 4. The normalized spacial score (nSPS) is 10.7. The van der Waals surface area contributed by atoms with Gasteiger partial charge in [-0.25, -0.2) is 0 Å². The maximum atomic E-state index is 6.01. The van der Waals surface area contributed by atoms with Gasteiger partial charge in [0.2, 0.25) is 0 Å². The molecule has 0 unspecified atom stereocenters. The third-order valence-corrected chi connectivity index (χ3v) is 4.10. The summed E-state index contributed by atoms with van der Waals surface area (Å²) in [5.74, 6) is 0.620. The molecule has 0 aliphatic rings. The van der Waals surface area contributed by atoms with E-state index in [1.807, 2.05) is 49.4 Å². The zero-order valence-electron chi connectivity index (χ0n) is 10.8. The van der Waals surface area contributed by atoms with E-state index >= 15 is 0 Å². The van der Waals surface area contributed by atoms with Gasteiger partial charge in [0.15, 0.2) is 5.82 Å². The lowest BCUT2D eigenvalue weighted by Gasteiger charge is -2.09. The van der Waals surface area contributed by atoms with Crippen LogP contribution in [0.15, 0.2) is 46.9 Å². The van der Waals surface area contributed by atoms with Crippen LogP contribution in [-0.2, 0) is 0 Å². The van der Waals surface area contributed by atoms with E-state index in [0.29, 0.717) is 11.5 Å². The van der Waals surface area contributed by atoms with Gasteiger partial charge in [0.1, 0.15) is 0 Å². The molecule has 5 nitrogen and oxygen atoms in total. The minimum absolute atomic E-state index is 0.620. The molecular formula is C14H12BrN5. The maximum Gasteiger partial charge on any atom is 0.189 e. The summed E-state index contributed by atoms with van der Waals surface area (Å²) in [6.45, 7) is 2.02. The molecule has 0 amide bonds. The average molecular weight is 330 g/mol. The molecule has 100 valence electrons. The first-order valence-electron chi connectivity index (χ1n) is 6.07. The zero-order chi connectivity index (χ0) is 14.1. The molecule has 1 heterocycles. The summed E-state index contributed by atoms with van der Waals surface area (Å²) >= 11 is 3.58. The number of nitrogen functional groups attached to an aromatic ring is 1. The molecule has 0 atom stereocenters. The quantitative estimate of drug-likeness (QED) is 0.734. The van der Waals surface area contributed by atoms with Crippen LogP contribution in [0.3, 0.4) is 0 Å². The monoisotopic (exact) mass is 329 g/mol. The molecule has 3 rings (SSSR count). The Balaban J connectivity index is 2.21. The van der Waals surface area contributed by atoms with Gasteiger partial charge in [0.05, 0.1) is 5.69 Å². The van der Waals surface area contributed by atoms with E-state index in [-0.39, 0.29) is 0 Å². The third kappa shape index (κ3) is 2.08. The standard InChI is InChI=1S/C14H12BrN5/c1-9-5-4-8-12(13(9)15)20-14(17-18-19-20)10-6-2-3-7-11(10)16/h2-8H,16H2,1H3. The summed E-state index contributed by atoms with van der Waals surface area (Å²) < 4.78 is 2.64. The van der Waals surface area contributed by atoms with Gasteiger partial charge in [0.25, 0.3) is 0 Å². The highest BCUT2D eigenvalue weighted by Crippen LogP contribution is 2.29. The first kappa shape index (κ1) is 12.8. The predicted octanol–water partition coefficient (Wildman–Crippen LogP) is 2.98. The summed E-state index contributed by atoms with van der Waals surface area (Å²) in [6.07, 6.45) is 0. The summed E-state index contributed by atoms with van der Waals surface area (Å²) in [5.41, 5.74) is 9.46. The molecule has 0 bridgehead atoms. The fourth-order valence-corrected chi connectivity index (χ4v) is 2.45. The molecule has 0 spiro atoms. The molecule has 0 aliphatic heterocycles. The Kier molecular flexibility index (Phi) is 3.23. The second kappa shape index (κ2) is 5.05. The van der Waals surface area contributed by atoms with Crippen LogP contribution >= 0.6 is 15.9 Å². The minimum Gasteiger partial charge on any atom is -0.398 e. The molecule has 0 radical (unpaired) electrons. The van der Waals surface area contributed by atoms with Crippen molar-refractivity contribution in [2.45, 2.75) is 6.92 Å². The van der Waals surface area contributed by atoms with Crippen molar-refractivity contribution in [2.24, 2.45) is 0 Å². The Morgan fingerprint density at radius 1 is 1.10 bits per heavy atom. The highest BCUT2D eigenvalue weighted by atomic mass is 79.9. The van der Waals surface area contributed by atoms with Crippen LogP contribution < -0.4 is 5.73 Å². The van der Waals surface area contributed by atoms with Crippen molar-refractivity contribution in [1.82, 2.24) is 20.2 Å². The number of nitrogens with zero attached hydrogens (tertiary/aromatic N) is 4. The number of aryl methyl sites for hydroxylation is 1. The van der Waals surface area contributed by atoms with Crippen LogP contribution in [0.5, 0.6) is 0 Å². The summed E-state index contributed by atoms with van der Waals surface area (Å²) in [4.78, 5) is 0. The number of halogens is 1. The van der Waals surface area contributed by atoms with Gasteiger partial charge in [-0.05, 0) is 57.0 Å². The Morgan fingerprint density at radius 2 is 1.90 bits per heavy atom. The fourth-order valence-electron chi connectivity index (χ4n) is 2.01. The van der Waals surface area contributed by atoms with Gasteiger partial charge < -0.3 is 5.73 Å². The van der Waals surface area contributed by atoms with Crippen molar-refractivity contribution < 1.29 is 0 Å². The van der Waals surface area contributed by atoms with Crippen LogP contribution in [0.1, 0.15) is 5.56 Å². The van der Waals surface area contributed by atoms with E-state index in [0.717, 1.165) is 21.3 Å². The molecule has 0 fully saturated rings. The lowest BCUT2D eigenvalue weighted by atomic mass is 10.1. The number of hydrogen-bond donors (Lipinski definition) is 1. The molecule has 0 saturated carbocycles. The van der Waals surface area contributed by atoms with Crippen LogP contribution in [-0.4, -0.2) is 20.2 Å². The first-order chi connectivity index (χ1) is 9.68. The lowest BCUT2D eigenvalue weighted by molar-refractivity contribution is 0.788. The molecular weight excluding hydrogens is 318 g/mol. The second-order valence-corrected chi connectivity index (χ2v) is 5.20. The Hall–Kier alpha value is -2.21. The van der Waals surface area contributed by atoms with Crippen molar-refractivity contribution in [2.75, 3.05) is 5.73 Å². The smallest absolute Gasteiger partial charge is 0.189 e. The SMILES string of the molecule is Cc1cccc(-n2nnnc2-c2ccccc2N)c1Br. The van der Waals surface area contributed by atoms with Crippen LogP contribution in [0.2, 0.25) is 0 Å². The van der Waals surface area contributed by atoms with Crippen LogP contribution in [0, 0.1) is 6.92 Å². The number of benzene rings is 2. The van der Waals surface area contributed by atoms with Crippen LogP contribution in [0.4, 0.5) is 5.69 Å². The third-order valence-electron chi connectivity index (χ3n) is 3.07. The number of para-hydroxylation sites is 1. The first-order valence-corrected chi connectivity index (χ1v) is 6.86. The molecule has 6 heteroatoms. The number of aromatic nitrogens is 4. The highest BCUT2D eigenvalue weighted by molar-refractivity contribution is 9.10. The van der Waals surface area contributed by atoms with E-state index in [2.05, 4.69) is 31.5 Å². The molecule has 20 heavy (non-hydrogen) atoms. The van der Waals surface area contributed by atoms with Crippen LogP contribution in [0.25, 0.3) is 17.1 Å². The van der Waals surface area contributed by atoms with Crippen molar-refractivity contribution in [3.05, 3.63) is 52.5 Å². The Morgan fingerprint density at radius 3 is 2.70 bits per heavy atom. The predicted molar refractivity (Wildman–Crippen MR) is 81.4 cm³/mol. The van der Waals surface area contributed by atoms with Crippen molar-refractivity contribution >= 4 is 21.6 Å². The van der Waals surface area contributed by atoms with E-state index < -0.39 is 0 Å². The zero-order valence-corrected chi connectivity index (χ0v) is 12.4. The van der Waals surface area contributed by atoms with Crippen molar-refractivity contribution in [1.29, 1.82) is 0 Å². The molecule has 2 aromatic carbocycles. The van der Waals surface area contributed by atoms with E-state index in [1.165, 1.54) is 0 Å². The summed E-state index contributed by atoms with van der Waals surface area (Å²) in [5, 5.41) is 11.9. The average Bonchev–Trinajstić information content (AvgIpc) is 2.91. The topological polar surface area (TPSA) is 69.6 Å². The Bertz CT molecular complexity index is 766. The molecule has 1 aromatic heterocycles. The van der Waals surface area contributed by atoms with E-state index in [4.69, 9.17) is 5.73 Å². The van der Waals surface area contributed by atoms with Gasteiger partial charge in [-0.3, -0.25) is 0 Å². The van der Waals surface area contributed by atoms with E-state index in [9.17, 15) is 0 Å². The lowest BCUT2D eigenvalue weighted by Crippen LogP contribution is -2.03. The summed E-state index contributed by atoms with van der Waals surface area (Å²) in [6, 6.07) is 13.5. The van der Waals surface area contributed by atoms with Gasteiger partial charge in [-0.2, -0.15) is 4.68 Å². The molecule has 0 saturated heterocycles. The van der Waals surface area contributed by atoms with Gasteiger partial charge in [0, 0.05) is 15.7 Å². The van der Waals surface area contributed by atoms with Crippen molar-refractivity contribution in [3.63, 3.8) is 0 Å². The second-order valence-electron chi connectivity index (χ2n) is 4.41. The maximum absolute atomic E-state index is 6.01. The number of nitrogens with two attached hydrogens (primary N) is 1. The van der Waals surface area contributed by atoms with Crippen molar-refractivity contribution in [3.8, 4) is 17.1 Å². The molecule has 2 N–H and O–H groups in total. The molecule has 0 aliphatic carbocycles. The number of anilines is 1. The highest BCUT2D eigenvalue weighted by Gasteiger charge is 2.15. The Labute approximate surface area is 124 Å². The summed E-state index contributed by atoms with van der Waals surface area (Å²) in [7, 11) is 0. The van der Waals surface area contributed by atoms with Gasteiger partial charge in [-0.15, -0.1) is 5.10 Å². The fraction of sp³-hybridized carbons (Fsp3) is 0.0714. The largest absolute Gasteiger partial charge is 0.398 e. The number of tetrazole rings is 1. The number of rotatable bonds is 2. The molecule has 3 aromatic rings.